The van der Waals surface area contributed by atoms with E-state index in [2.05, 4.69) is 27.8 Å². The first kappa shape index (κ1) is 14.5. The molecule has 100 valence electrons. The van der Waals surface area contributed by atoms with Gasteiger partial charge in [0.25, 0.3) is 0 Å². The fourth-order valence-corrected chi connectivity index (χ4v) is 1.26. The highest BCUT2D eigenvalue weighted by molar-refractivity contribution is 5.86. The first-order chi connectivity index (χ1) is 8.39. The second-order valence-electron chi connectivity index (χ2n) is 5.30. The molecule has 0 bridgehead atoms. The predicted octanol–water partition coefficient (Wildman–Crippen LogP) is 1.15. The van der Waals surface area contributed by atoms with Crippen molar-refractivity contribution in [3.63, 3.8) is 0 Å². The normalized spacial score (nSPS) is 13.8. The average molecular weight is 252 g/mol. The number of rotatable bonds is 5. The van der Waals surface area contributed by atoms with Gasteiger partial charge in [-0.15, -0.1) is 0 Å². The molecule has 0 spiro atoms. The van der Waals surface area contributed by atoms with Crippen molar-refractivity contribution in [2.75, 3.05) is 20.2 Å². The molecule has 1 aromatic rings. The summed E-state index contributed by atoms with van der Waals surface area (Å²) in [6, 6.07) is 3.55. The molecule has 0 saturated carbocycles. The summed E-state index contributed by atoms with van der Waals surface area (Å²) in [4.78, 5) is 12.7. The molecule has 0 radical (unpaired) electrons. The summed E-state index contributed by atoms with van der Waals surface area (Å²) in [5.41, 5.74) is 0.163. The van der Waals surface area contributed by atoms with Gasteiger partial charge in [-0.2, -0.15) is 0 Å². The largest absolute Gasteiger partial charge is 0.465 e. The number of hydrogen-bond donors (Lipinski definition) is 1. The van der Waals surface area contributed by atoms with Crippen LogP contribution < -0.4 is 4.90 Å². The molecule has 1 rings (SSSR count). The van der Waals surface area contributed by atoms with Gasteiger partial charge in [0.05, 0.1) is 18.8 Å². The molecule has 0 saturated heterocycles. The molecule has 1 atom stereocenters. The minimum atomic E-state index is -0.340. The molecule has 1 unspecified atom stereocenters. The van der Waals surface area contributed by atoms with Crippen molar-refractivity contribution in [3.05, 3.63) is 30.2 Å². The summed E-state index contributed by atoms with van der Waals surface area (Å²) < 4.78 is 10.2. The molecule has 1 aromatic heterocycles. The predicted molar refractivity (Wildman–Crippen MR) is 70.2 cm³/mol. The maximum atomic E-state index is 11.4. The van der Waals surface area contributed by atoms with E-state index in [0.29, 0.717) is 12.4 Å². The second kappa shape index (κ2) is 6.40. The number of ether oxygens (including phenoxy) is 1. The maximum absolute atomic E-state index is 11.4. The first-order valence-corrected chi connectivity index (χ1v) is 6.11. The Kier molecular flexibility index (Phi) is 5.16. The minimum Gasteiger partial charge on any atom is -0.465 e. The van der Waals surface area contributed by atoms with Crippen molar-refractivity contribution in [1.29, 1.82) is 0 Å². The molecule has 4 heteroatoms. The van der Waals surface area contributed by atoms with Gasteiger partial charge >= 0.3 is 5.97 Å². The third kappa shape index (κ3) is 5.19. The van der Waals surface area contributed by atoms with Gasteiger partial charge in [0.15, 0.2) is 0 Å². The van der Waals surface area contributed by atoms with Gasteiger partial charge in [0, 0.05) is 6.08 Å². The number of likely N-dealkylation sites (N-methyl/N-ethyl adjacent to an activating group) is 1. The highest BCUT2D eigenvalue weighted by atomic mass is 16.5. The molecule has 1 N–H and O–H groups in total. The summed E-state index contributed by atoms with van der Waals surface area (Å²) in [7, 11) is 2.09. The van der Waals surface area contributed by atoms with E-state index < -0.39 is 0 Å². The molecule has 4 nitrogen and oxygen atoms in total. The van der Waals surface area contributed by atoms with Crippen molar-refractivity contribution >= 4 is 12.0 Å². The highest BCUT2D eigenvalue weighted by Crippen LogP contribution is 2.02. The van der Waals surface area contributed by atoms with Crippen molar-refractivity contribution in [1.82, 2.24) is 0 Å². The van der Waals surface area contributed by atoms with Crippen LogP contribution in [0, 0.1) is 0 Å². The molecule has 0 amide bonds. The number of furan rings is 1. The van der Waals surface area contributed by atoms with Crippen molar-refractivity contribution in [2.45, 2.75) is 26.3 Å². The van der Waals surface area contributed by atoms with Gasteiger partial charge in [0.1, 0.15) is 18.9 Å². The van der Waals surface area contributed by atoms with E-state index in [9.17, 15) is 4.79 Å². The molecule has 0 aliphatic heterocycles. The molecule has 0 aliphatic carbocycles. The molecule has 0 aromatic carbocycles. The number of carbonyl (C=O) groups is 1. The van der Waals surface area contributed by atoms with E-state index in [1.54, 1.807) is 24.5 Å². The summed E-state index contributed by atoms with van der Waals surface area (Å²) >= 11 is 0. The van der Waals surface area contributed by atoms with E-state index in [4.69, 9.17) is 9.15 Å². The Morgan fingerprint density at radius 1 is 1.50 bits per heavy atom. The maximum Gasteiger partial charge on any atom is 0.331 e. The van der Waals surface area contributed by atoms with Crippen LogP contribution in [0.1, 0.15) is 26.5 Å². The number of hydrogen-bond acceptors (Lipinski definition) is 3. The summed E-state index contributed by atoms with van der Waals surface area (Å²) in [6.07, 6.45) is 4.54. The lowest BCUT2D eigenvalue weighted by molar-refractivity contribution is -0.927. The average Bonchev–Trinajstić information content (AvgIpc) is 2.77. The lowest BCUT2D eigenvalue weighted by Gasteiger charge is -2.28. The van der Waals surface area contributed by atoms with Crippen LogP contribution >= 0.6 is 0 Å². The van der Waals surface area contributed by atoms with E-state index in [-0.39, 0.29) is 11.5 Å². The van der Waals surface area contributed by atoms with Crippen LogP contribution in [0.5, 0.6) is 0 Å². The Bertz CT molecular complexity index is 388. The van der Waals surface area contributed by atoms with Crippen LogP contribution in [0.25, 0.3) is 6.08 Å². The first-order valence-electron chi connectivity index (χ1n) is 6.11. The quantitative estimate of drug-likeness (QED) is 0.631. The van der Waals surface area contributed by atoms with Gasteiger partial charge in [-0.25, -0.2) is 4.79 Å². The van der Waals surface area contributed by atoms with Crippen molar-refractivity contribution < 1.29 is 18.8 Å². The van der Waals surface area contributed by atoms with Gasteiger partial charge in [0.2, 0.25) is 0 Å². The van der Waals surface area contributed by atoms with Crippen LogP contribution in [0.3, 0.4) is 0 Å². The zero-order chi connectivity index (χ0) is 13.6. The fraction of sp³-hybridized carbons (Fsp3) is 0.500. The smallest absolute Gasteiger partial charge is 0.331 e. The van der Waals surface area contributed by atoms with Crippen LogP contribution in [0.4, 0.5) is 0 Å². The molecule has 1 heterocycles. The van der Waals surface area contributed by atoms with Gasteiger partial charge < -0.3 is 14.1 Å². The third-order valence-electron chi connectivity index (χ3n) is 2.93. The van der Waals surface area contributed by atoms with Gasteiger partial charge in [-0.1, -0.05) is 0 Å². The Labute approximate surface area is 108 Å². The van der Waals surface area contributed by atoms with Gasteiger partial charge in [-0.05, 0) is 39.0 Å². The summed E-state index contributed by atoms with van der Waals surface area (Å²) in [5.74, 6) is 0.303. The van der Waals surface area contributed by atoms with E-state index in [0.717, 1.165) is 6.54 Å². The molecular formula is C14H22NO3+. The summed E-state index contributed by atoms with van der Waals surface area (Å²) in [6.45, 7) is 7.68. The van der Waals surface area contributed by atoms with Gasteiger partial charge in [-0.3, -0.25) is 0 Å². The minimum absolute atomic E-state index is 0.163. The SMILES string of the molecule is C[NH+](CCOC(=O)C=Cc1ccco1)C(C)(C)C. The Morgan fingerprint density at radius 2 is 2.22 bits per heavy atom. The Morgan fingerprint density at radius 3 is 2.78 bits per heavy atom. The topological polar surface area (TPSA) is 43.9 Å². The monoisotopic (exact) mass is 252 g/mol. The number of nitrogens with one attached hydrogen (secondary N) is 1. The van der Waals surface area contributed by atoms with E-state index in [1.165, 1.54) is 11.0 Å². The zero-order valence-corrected chi connectivity index (χ0v) is 11.5. The number of carbonyl (C=O) groups excluding carboxylic acids is 1. The summed E-state index contributed by atoms with van der Waals surface area (Å²) in [5, 5.41) is 0. The Balaban J connectivity index is 2.26. The van der Waals surface area contributed by atoms with E-state index >= 15 is 0 Å². The van der Waals surface area contributed by atoms with Crippen LogP contribution in [-0.4, -0.2) is 31.7 Å². The molecular weight excluding hydrogens is 230 g/mol. The lowest BCUT2D eigenvalue weighted by Crippen LogP contribution is -3.16. The van der Waals surface area contributed by atoms with Crippen LogP contribution in [0.15, 0.2) is 28.9 Å². The van der Waals surface area contributed by atoms with Crippen LogP contribution in [-0.2, 0) is 9.53 Å². The molecule has 18 heavy (non-hydrogen) atoms. The van der Waals surface area contributed by atoms with Crippen molar-refractivity contribution in [3.8, 4) is 0 Å². The second-order valence-corrected chi connectivity index (χ2v) is 5.30. The van der Waals surface area contributed by atoms with Crippen molar-refractivity contribution in [2.24, 2.45) is 0 Å². The highest BCUT2D eigenvalue weighted by Gasteiger charge is 2.20. The number of esters is 1. The number of quaternary nitrogens is 1. The standard InChI is InChI=1S/C14H21NO3/c1-14(2,3)15(4)9-11-18-13(16)8-7-12-6-5-10-17-12/h5-8,10H,9,11H2,1-4H3/p+1. The van der Waals surface area contributed by atoms with Crippen LogP contribution in [0.2, 0.25) is 0 Å². The fourth-order valence-electron chi connectivity index (χ4n) is 1.26. The van der Waals surface area contributed by atoms with E-state index in [1.807, 2.05) is 0 Å². The molecule has 0 fully saturated rings. The zero-order valence-electron chi connectivity index (χ0n) is 11.5. The lowest BCUT2D eigenvalue weighted by atomic mass is 10.1. The third-order valence-corrected chi connectivity index (χ3v) is 2.93. The molecule has 0 aliphatic rings. The Hall–Kier alpha value is -1.55.